The molecule has 0 bridgehead atoms. The van der Waals surface area contributed by atoms with Gasteiger partial charge in [0.2, 0.25) is 0 Å². The van der Waals surface area contributed by atoms with Gasteiger partial charge in [0.05, 0.1) is 27.2 Å². The normalized spacial score (nSPS) is 19.8. The molecule has 0 fully saturated rings. The summed E-state index contributed by atoms with van der Waals surface area (Å²) < 4.78 is 109. The number of aromatic nitrogens is 2. The lowest BCUT2D eigenvalue weighted by atomic mass is 10.1. The SMILES string of the molecule is [2H]c1cc(-c2nc([2H])c([2H])n2-c2c(C([2H])([2H])[2H])c([2H])c([Si](C)(C)C)c([2H])c2C([2H])([2H])[2H])c([2H])c([N+]#[C-])c1[2H]. The van der Waals surface area contributed by atoms with E-state index in [1.165, 1.54) is 0 Å². The quantitative estimate of drug-likeness (QED) is 0.463. The van der Waals surface area contributed by atoms with Crippen LogP contribution in [-0.2, 0) is 0 Å². The number of hydrogen-bond donors (Lipinski definition) is 0. The fourth-order valence-corrected chi connectivity index (χ4v) is 3.24. The molecule has 0 N–H and O–H groups in total. The summed E-state index contributed by atoms with van der Waals surface area (Å²) in [5.74, 6) is -0.487. The van der Waals surface area contributed by atoms with Crippen LogP contribution in [0.2, 0.25) is 19.6 Å². The molecule has 0 aliphatic carbocycles. The maximum Gasteiger partial charge on any atom is 0.187 e. The zero-order valence-electron chi connectivity index (χ0n) is 26.9. The molecule has 1 aromatic heterocycles. The van der Waals surface area contributed by atoms with E-state index in [9.17, 15) is 0 Å². The lowest BCUT2D eigenvalue weighted by Crippen LogP contribution is -2.38. The highest BCUT2D eigenvalue weighted by Crippen LogP contribution is 2.28. The number of rotatable bonds is 3. The van der Waals surface area contributed by atoms with Crippen molar-refractivity contribution in [3.8, 4) is 17.1 Å². The van der Waals surface area contributed by atoms with E-state index >= 15 is 0 Å². The third-order valence-electron chi connectivity index (χ3n) is 3.50. The average molecular weight is 359 g/mol. The Kier molecular flexibility index (Phi) is 1.85. The van der Waals surface area contributed by atoms with Gasteiger partial charge in [0.1, 0.15) is 5.82 Å². The van der Waals surface area contributed by atoms with Crippen LogP contribution < -0.4 is 5.19 Å². The minimum atomic E-state index is -3.10. The van der Waals surface area contributed by atoms with Gasteiger partial charge in [-0.3, -0.25) is 4.57 Å². The zero-order valence-corrected chi connectivity index (χ0v) is 14.9. The van der Waals surface area contributed by atoms with E-state index < -0.39 is 92.7 Å². The summed E-state index contributed by atoms with van der Waals surface area (Å²) in [6.07, 6.45) is -1.51. The summed E-state index contributed by atoms with van der Waals surface area (Å²) in [6, 6.07) is -1.78. The predicted molar refractivity (Wildman–Crippen MR) is 108 cm³/mol. The zero-order chi connectivity index (χ0) is 29.3. The molecule has 3 aromatic rings. The van der Waals surface area contributed by atoms with Gasteiger partial charge in [-0.05, 0) is 30.9 Å². The molecule has 0 saturated carbocycles. The van der Waals surface area contributed by atoms with E-state index in [0.717, 1.165) is 6.07 Å². The fourth-order valence-electron chi connectivity index (χ4n) is 2.24. The molecule has 0 aliphatic rings. The summed E-state index contributed by atoms with van der Waals surface area (Å²) in [4.78, 5) is 7.05. The minimum absolute atomic E-state index is 0.00118. The molecular weight excluding hydrogens is 322 g/mol. The number of hydrogen-bond acceptors (Lipinski definition) is 1. The third kappa shape index (κ3) is 3.28. The van der Waals surface area contributed by atoms with Gasteiger partial charge < -0.3 is 0 Å². The van der Waals surface area contributed by atoms with Gasteiger partial charge in [-0.15, -0.1) is 0 Å². The smallest absolute Gasteiger partial charge is 0.187 e. The molecular formula is C21H23N3Si. The molecule has 3 rings (SSSR count). The van der Waals surface area contributed by atoms with E-state index in [1.807, 2.05) is 0 Å². The molecule has 0 amide bonds. The maximum absolute atomic E-state index is 8.81. The largest absolute Gasteiger partial charge is 0.299 e. The Hall–Kier alpha value is -2.64. The van der Waals surface area contributed by atoms with Crippen molar-refractivity contribution in [1.29, 1.82) is 0 Å². The van der Waals surface area contributed by atoms with Crippen LogP contribution in [0.1, 0.15) is 28.9 Å². The lowest BCUT2D eigenvalue weighted by Gasteiger charge is -2.21. The molecule has 0 radical (unpaired) electrons. The van der Waals surface area contributed by atoms with Crippen molar-refractivity contribution in [2.24, 2.45) is 0 Å². The van der Waals surface area contributed by atoms with Crippen molar-refractivity contribution in [2.75, 3.05) is 0 Å². The Labute approximate surface area is 169 Å². The standard InChI is InChI=1S/C21H23N3Si/c1-15-12-19(25(4,5)6)13-16(2)20(15)24-11-10-23-21(24)17-8-7-9-18(14-17)22-3/h7-14H,1-2,4-6H3/i1D3,2D3,7D,9D,10D,11D,12D,13D,14D. The molecule has 126 valence electrons. The molecule has 0 atom stereocenters. The predicted octanol–water partition coefficient (Wildman–Crippen LogP) is 5.25. The average Bonchev–Trinajstić information content (AvgIpc) is 3.01. The van der Waals surface area contributed by atoms with Gasteiger partial charge in [0.25, 0.3) is 0 Å². The lowest BCUT2D eigenvalue weighted by molar-refractivity contribution is 1.03. The van der Waals surface area contributed by atoms with Crippen molar-refractivity contribution in [1.82, 2.24) is 9.55 Å². The van der Waals surface area contributed by atoms with Crippen LogP contribution in [0.3, 0.4) is 0 Å². The van der Waals surface area contributed by atoms with Crippen molar-refractivity contribution in [3.63, 3.8) is 0 Å². The van der Waals surface area contributed by atoms with Crippen LogP contribution >= 0.6 is 0 Å². The summed E-state index contributed by atoms with van der Waals surface area (Å²) >= 11 is 0. The fraction of sp³-hybridized carbons (Fsp3) is 0.238. The molecule has 4 heteroatoms. The molecule has 1 heterocycles. The van der Waals surface area contributed by atoms with Crippen LogP contribution in [0.5, 0.6) is 0 Å². The number of imidazole rings is 1. The first-order valence-electron chi connectivity index (χ1n) is 13.9. The van der Waals surface area contributed by atoms with Crippen LogP contribution in [-0.4, -0.2) is 17.6 Å². The number of nitrogens with zero attached hydrogens (tertiary/aromatic N) is 3. The van der Waals surface area contributed by atoms with E-state index in [-0.39, 0.29) is 10.8 Å². The second kappa shape index (κ2) is 6.34. The van der Waals surface area contributed by atoms with E-state index in [1.54, 1.807) is 19.6 Å². The Morgan fingerprint density at radius 1 is 1.20 bits per heavy atom. The van der Waals surface area contributed by atoms with E-state index in [4.69, 9.17) is 24.4 Å². The van der Waals surface area contributed by atoms with Gasteiger partial charge in [0.15, 0.2) is 5.69 Å². The van der Waals surface area contributed by atoms with Gasteiger partial charge in [0, 0.05) is 28.9 Å². The Bertz CT molecular complexity index is 1460. The highest BCUT2D eigenvalue weighted by Gasteiger charge is 2.20. The first kappa shape index (κ1) is 7.31. The third-order valence-corrected chi connectivity index (χ3v) is 5.25. The van der Waals surface area contributed by atoms with Crippen LogP contribution in [0.15, 0.2) is 48.6 Å². The van der Waals surface area contributed by atoms with E-state index in [2.05, 4.69) is 9.83 Å². The summed E-state index contributed by atoms with van der Waals surface area (Å²) in [5.41, 5.74) is -3.04. The van der Waals surface area contributed by atoms with Crippen LogP contribution in [0.4, 0.5) is 5.69 Å². The van der Waals surface area contributed by atoms with Crippen molar-refractivity contribution >= 4 is 18.9 Å². The highest BCUT2D eigenvalue weighted by atomic mass is 28.3. The summed E-state index contributed by atoms with van der Waals surface area (Å²) in [5, 5.41) is 0.00118. The molecule has 25 heavy (non-hydrogen) atoms. The van der Waals surface area contributed by atoms with E-state index in [0.29, 0.717) is 4.57 Å². The Balaban J connectivity index is 2.73. The van der Waals surface area contributed by atoms with Gasteiger partial charge in [-0.2, -0.15) is 0 Å². The highest BCUT2D eigenvalue weighted by molar-refractivity contribution is 6.88. The molecule has 0 unspecified atom stereocenters. The second-order valence-corrected chi connectivity index (χ2v) is 11.4. The Morgan fingerprint density at radius 2 is 1.92 bits per heavy atom. The van der Waals surface area contributed by atoms with Gasteiger partial charge >= 0.3 is 0 Å². The van der Waals surface area contributed by atoms with Crippen LogP contribution in [0.25, 0.3) is 21.9 Å². The molecule has 0 spiro atoms. The Morgan fingerprint density at radius 3 is 2.52 bits per heavy atom. The number of benzene rings is 2. The van der Waals surface area contributed by atoms with Crippen molar-refractivity contribution < 1.29 is 17.8 Å². The summed E-state index contributed by atoms with van der Waals surface area (Å²) in [6.45, 7) is 6.34. The molecule has 0 saturated heterocycles. The minimum Gasteiger partial charge on any atom is -0.299 e. The van der Waals surface area contributed by atoms with Crippen LogP contribution in [0, 0.1) is 20.3 Å². The second-order valence-electron chi connectivity index (χ2n) is 6.38. The monoisotopic (exact) mass is 358 g/mol. The van der Waals surface area contributed by atoms with Gasteiger partial charge in [-0.25, -0.2) is 9.83 Å². The summed E-state index contributed by atoms with van der Waals surface area (Å²) in [7, 11) is -2.68. The molecule has 3 nitrogen and oxygen atoms in total. The van der Waals surface area contributed by atoms with Crippen molar-refractivity contribution in [3.05, 3.63) is 71.2 Å². The molecule has 2 aromatic carbocycles. The topological polar surface area (TPSA) is 22.2 Å². The van der Waals surface area contributed by atoms with Crippen molar-refractivity contribution in [2.45, 2.75) is 33.3 Å². The first-order valence-corrected chi connectivity index (χ1v) is 10.9. The molecule has 0 aliphatic heterocycles. The first-order chi connectivity index (χ1) is 17.2. The maximum atomic E-state index is 8.81. The van der Waals surface area contributed by atoms with Gasteiger partial charge in [-0.1, -0.05) is 55.1 Å².